The standard InChI is InChI=1S/C8H11F3N2O2.ClH/c9-8(10,11)7(14)13-1-2-15-6-4-12-3-5(6)13;/h5-6,12H,1-4H2;1H. The van der Waals surface area contributed by atoms with Gasteiger partial charge in [-0.3, -0.25) is 4.79 Å². The fourth-order valence-electron chi connectivity index (χ4n) is 2.01. The Hall–Kier alpha value is -0.530. The maximum atomic E-state index is 12.2. The molecule has 0 saturated carbocycles. The van der Waals surface area contributed by atoms with Crippen LogP contribution in [0, 0.1) is 0 Å². The number of hydrogen-bond acceptors (Lipinski definition) is 3. The average molecular weight is 261 g/mol. The SMILES string of the molecule is Cl.O=C(N1CCOC2CNCC21)C(F)(F)F. The number of halogens is 4. The molecule has 1 N–H and O–H groups in total. The van der Waals surface area contributed by atoms with E-state index in [1.807, 2.05) is 0 Å². The molecule has 8 heteroatoms. The highest BCUT2D eigenvalue weighted by Crippen LogP contribution is 2.24. The third-order valence-corrected chi connectivity index (χ3v) is 2.70. The molecular weight excluding hydrogens is 249 g/mol. The van der Waals surface area contributed by atoms with Crippen molar-refractivity contribution in [3.05, 3.63) is 0 Å². The van der Waals surface area contributed by atoms with Crippen LogP contribution in [-0.2, 0) is 9.53 Å². The molecule has 2 saturated heterocycles. The number of carbonyl (C=O) groups is 1. The van der Waals surface area contributed by atoms with Crippen molar-refractivity contribution in [1.29, 1.82) is 0 Å². The Morgan fingerprint density at radius 3 is 2.69 bits per heavy atom. The molecule has 0 spiro atoms. The van der Waals surface area contributed by atoms with Gasteiger partial charge in [0.25, 0.3) is 0 Å². The van der Waals surface area contributed by atoms with E-state index in [1.165, 1.54) is 0 Å². The summed E-state index contributed by atoms with van der Waals surface area (Å²) in [5, 5.41) is 2.91. The summed E-state index contributed by atoms with van der Waals surface area (Å²) < 4.78 is 42.0. The summed E-state index contributed by atoms with van der Waals surface area (Å²) >= 11 is 0. The van der Waals surface area contributed by atoms with Gasteiger partial charge >= 0.3 is 12.1 Å². The minimum atomic E-state index is -4.79. The Balaban J connectivity index is 0.00000128. The molecule has 0 aromatic rings. The van der Waals surface area contributed by atoms with Crippen LogP contribution in [0.3, 0.4) is 0 Å². The van der Waals surface area contributed by atoms with Gasteiger partial charge in [0.05, 0.1) is 18.8 Å². The van der Waals surface area contributed by atoms with Gasteiger partial charge in [-0.2, -0.15) is 13.2 Å². The molecular formula is C8H12ClF3N2O2. The van der Waals surface area contributed by atoms with Gasteiger partial charge in [0.15, 0.2) is 0 Å². The fourth-order valence-corrected chi connectivity index (χ4v) is 2.01. The van der Waals surface area contributed by atoms with Crippen LogP contribution >= 0.6 is 12.4 Å². The molecule has 0 aliphatic carbocycles. The van der Waals surface area contributed by atoms with Crippen molar-refractivity contribution in [2.24, 2.45) is 0 Å². The van der Waals surface area contributed by atoms with Crippen molar-refractivity contribution in [2.75, 3.05) is 26.2 Å². The lowest BCUT2D eigenvalue weighted by molar-refractivity contribution is -0.194. The van der Waals surface area contributed by atoms with E-state index in [4.69, 9.17) is 4.74 Å². The van der Waals surface area contributed by atoms with Crippen molar-refractivity contribution in [1.82, 2.24) is 10.2 Å². The van der Waals surface area contributed by atoms with Crippen molar-refractivity contribution in [3.8, 4) is 0 Å². The number of ether oxygens (including phenoxy) is 1. The van der Waals surface area contributed by atoms with E-state index in [0.29, 0.717) is 13.1 Å². The quantitative estimate of drug-likeness (QED) is 0.675. The number of nitrogens with zero attached hydrogens (tertiary/aromatic N) is 1. The van der Waals surface area contributed by atoms with Crippen LogP contribution in [0.25, 0.3) is 0 Å². The third-order valence-electron chi connectivity index (χ3n) is 2.70. The number of nitrogens with one attached hydrogen (secondary N) is 1. The van der Waals surface area contributed by atoms with Crippen LogP contribution in [0.2, 0.25) is 0 Å². The molecule has 0 aromatic carbocycles. The molecule has 1 amide bonds. The molecule has 2 aliphatic rings. The average Bonchev–Trinajstić information content (AvgIpc) is 2.62. The molecule has 4 nitrogen and oxygen atoms in total. The van der Waals surface area contributed by atoms with E-state index >= 15 is 0 Å². The van der Waals surface area contributed by atoms with E-state index in [-0.39, 0.29) is 31.7 Å². The van der Waals surface area contributed by atoms with Gasteiger partial charge < -0.3 is 15.0 Å². The van der Waals surface area contributed by atoms with Crippen molar-refractivity contribution in [3.63, 3.8) is 0 Å². The number of amides is 1. The van der Waals surface area contributed by atoms with Gasteiger partial charge in [-0.05, 0) is 0 Å². The number of fused-ring (bicyclic) bond motifs is 1. The first-order valence-corrected chi connectivity index (χ1v) is 4.70. The number of morpholine rings is 1. The van der Waals surface area contributed by atoms with Gasteiger partial charge in [-0.1, -0.05) is 0 Å². The van der Waals surface area contributed by atoms with Gasteiger partial charge in [0.1, 0.15) is 0 Å². The van der Waals surface area contributed by atoms with Crippen LogP contribution in [0.5, 0.6) is 0 Å². The number of rotatable bonds is 0. The summed E-state index contributed by atoms with van der Waals surface area (Å²) in [6.07, 6.45) is -5.09. The van der Waals surface area contributed by atoms with Crippen LogP contribution in [0.15, 0.2) is 0 Å². The highest BCUT2D eigenvalue weighted by atomic mass is 35.5. The Morgan fingerprint density at radius 1 is 1.38 bits per heavy atom. The third kappa shape index (κ3) is 2.41. The van der Waals surface area contributed by atoms with Crippen molar-refractivity contribution < 1.29 is 22.7 Å². The summed E-state index contributed by atoms with van der Waals surface area (Å²) in [7, 11) is 0. The van der Waals surface area contributed by atoms with Crippen molar-refractivity contribution >= 4 is 18.3 Å². The smallest absolute Gasteiger partial charge is 0.373 e. The Morgan fingerprint density at radius 2 is 2.06 bits per heavy atom. The molecule has 0 bridgehead atoms. The molecule has 2 unspecified atom stereocenters. The van der Waals surface area contributed by atoms with Gasteiger partial charge in [0.2, 0.25) is 0 Å². The predicted molar refractivity (Wildman–Crippen MR) is 51.4 cm³/mol. The van der Waals surface area contributed by atoms with Crippen LogP contribution < -0.4 is 5.32 Å². The summed E-state index contributed by atoms with van der Waals surface area (Å²) in [5.41, 5.74) is 0. The Labute approximate surface area is 96.5 Å². The normalized spacial score (nSPS) is 29.6. The predicted octanol–water partition coefficient (Wildman–Crippen LogP) is 0.170. The second-order valence-electron chi connectivity index (χ2n) is 3.63. The summed E-state index contributed by atoms with van der Waals surface area (Å²) in [6, 6.07) is -0.479. The molecule has 2 rings (SSSR count). The highest BCUT2D eigenvalue weighted by molar-refractivity contribution is 5.85. The van der Waals surface area contributed by atoms with E-state index in [0.717, 1.165) is 4.90 Å². The lowest BCUT2D eigenvalue weighted by Crippen LogP contribution is -2.56. The maximum Gasteiger partial charge on any atom is 0.471 e. The summed E-state index contributed by atoms with van der Waals surface area (Å²) in [5.74, 6) is -1.76. The number of carbonyl (C=O) groups excluding carboxylic acids is 1. The van der Waals surface area contributed by atoms with E-state index in [1.54, 1.807) is 0 Å². The Bertz CT molecular complexity index is 274. The minimum absolute atomic E-state index is 0. The first-order chi connectivity index (χ1) is 7.00. The molecule has 2 fully saturated rings. The zero-order chi connectivity index (χ0) is 11.1. The van der Waals surface area contributed by atoms with Gasteiger partial charge in [-0.15, -0.1) is 12.4 Å². The molecule has 0 aromatic heterocycles. The Kier molecular flexibility index (Phi) is 4.03. The topological polar surface area (TPSA) is 41.6 Å². The zero-order valence-electron chi connectivity index (χ0n) is 8.29. The number of alkyl halides is 3. The van der Waals surface area contributed by atoms with E-state index in [9.17, 15) is 18.0 Å². The molecule has 94 valence electrons. The fraction of sp³-hybridized carbons (Fsp3) is 0.875. The van der Waals surface area contributed by atoms with Crippen LogP contribution in [-0.4, -0.2) is 55.4 Å². The molecule has 2 heterocycles. The van der Waals surface area contributed by atoms with Crippen LogP contribution in [0.1, 0.15) is 0 Å². The second-order valence-corrected chi connectivity index (χ2v) is 3.63. The molecule has 2 aliphatic heterocycles. The molecule has 2 atom stereocenters. The first kappa shape index (κ1) is 13.5. The second kappa shape index (κ2) is 4.77. The monoisotopic (exact) mass is 260 g/mol. The zero-order valence-corrected chi connectivity index (χ0v) is 9.11. The number of hydrogen-bond donors (Lipinski definition) is 1. The summed E-state index contributed by atoms with van der Waals surface area (Å²) in [4.78, 5) is 11.9. The maximum absolute atomic E-state index is 12.2. The van der Waals surface area contributed by atoms with E-state index < -0.39 is 18.1 Å². The first-order valence-electron chi connectivity index (χ1n) is 4.70. The van der Waals surface area contributed by atoms with E-state index in [2.05, 4.69) is 5.32 Å². The molecule has 0 radical (unpaired) electrons. The largest absolute Gasteiger partial charge is 0.471 e. The minimum Gasteiger partial charge on any atom is -0.373 e. The lowest BCUT2D eigenvalue weighted by atomic mass is 10.1. The van der Waals surface area contributed by atoms with Crippen LogP contribution in [0.4, 0.5) is 13.2 Å². The lowest BCUT2D eigenvalue weighted by Gasteiger charge is -2.37. The van der Waals surface area contributed by atoms with Crippen molar-refractivity contribution in [2.45, 2.75) is 18.3 Å². The molecule has 16 heavy (non-hydrogen) atoms. The highest BCUT2D eigenvalue weighted by Gasteiger charge is 2.48. The van der Waals surface area contributed by atoms with Gasteiger partial charge in [0, 0.05) is 19.6 Å². The van der Waals surface area contributed by atoms with Gasteiger partial charge in [-0.25, -0.2) is 0 Å². The summed E-state index contributed by atoms with van der Waals surface area (Å²) in [6.45, 7) is 1.06.